The highest BCUT2D eigenvalue weighted by Gasteiger charge is 1.98. The quantitative estimate of drug-likeness (QED) is 0.537. The fourth-order valence-corrected chi connectivity index (χ4v) is 1.20. The Hall–Kier alpha value is -0.120. The minimum atomic E-state index is -0.0214. The summed E-state index contributed by atoms with van der Waals surface area (Å²) in [7, 11) is 0. The lowest BCUT2D eigenvalue weighted by Crippen LogP contribution is -2.23. The summed E-state index contributed by atoms with van der Waals surface area (Å²) in [6.07, 6.45) is 5.60. The molecule has 0 unspecified atom stereocenters. The van der Waals surface area contributed by atoms with Gasteiger partial charge in [-0.15, -0.1) is 0 Å². The first-order valence-corrected chi connectivity index (χ1v) is 5.25. The van der Waals surface area contributed by atoms with Crippen LogP contribution in [-0.4, -0.2) is 31.0 Å². The SMILES string of the molecule is CCOCCCCCC[C@H](N)CO. The van der Waals surface area contributed by atoms with E-state index in [1.165, 1.54) is 12.8 Å². The molecule has 3 N–H and O–H groups in total. The van der Waals surface area contributed by atoms with Gasteiger partial charge in [0.1, 0.15) is 0 Å². The van der Waals surface area contributed by atoms with Gasteiger partial charge in [0.15, 0.2) is 0 Å². The van der Waals surface area contributed by atoms with Gasteiger partial charge in [-0.05, 0) is 19.8 Å². The number of aliphatic hydroxyl groups is 1. The van der Waals surface area contributed by atoms with Gasteiger partial charge in [0.25, 0.3) is 0 Å². The molecule has 0 rings (SSSR count). The number of aliphatic hydroxyl groups excluding tert-OH is 1. The Balaban J connectivity index is 2.91. The Morgan fingerprint density at radius 2 is 1.92 bits per heavy atom. The molecule has 0 fully saturated rings. The maximum absolute atomic E-state index is 8.66. The van der Waals surface area contributed by atoms with E-state index < -0.39 is 0 Å². The second-order valence-electron chi connectivity index (χ2n) is 3.34. The molecule has 0 saturated carbocycles. The van der Waals surface area contributed by atoms with E-state index in [1.807, 2.05) is 6.92 Å². The zero-order chi connectivity index (χ0) is 9.94. The molecule has 3 heteroatoms. The van der Waals surface area contributed by atoms with Gasteiger partial charge in [0.05, 0.1) is 6.61 Å². The van der Waals surface area contributed by atoms with Gasteiger partial charge in [-0.1, -0.05) is 19.3 Å². The van der Waals surface area contributed by atoms with E-state index in [0.29, 0.717) is 0 Å². The van der Waals surface area contributed by atoms with Crippen LogP contribution in [0.4, 0.5) is 0 Å². The summed E-state index contributed by atoms with van der Waals surface area (Å²) in [5.41, 5.74) is 5.56. The highest BCUT2D eigenvalue weighted by molar-refractivity contribution is 4.58. The maximum Gasteiger partial charge on any atom is 0.0582 e. The average molecular weight is 189 g/mol. The van der Waals surface area contributed by atoms with Crippen LogP contribution in [0.3, 0.4) is 0 Å². The maximum atomic E-state index is 8.66. The monoisotopic (exact) mass is 189 g/mol. The molecule has 0 spiro atoms. The molecular formula is C10H23NO2. The molecule has 0 saturated heterocycles. The number of rotatable bonds is 9. The standard InChI is InChI=1S/C10H23NO2/c1-2-13-8-6-4-3-5-7-10(11)9-12/h10,12H,2-9,11H2,1H3/t10-/m0/s1. The molecule has 0 amide bonds. The van der Waals surface area contributed by atoms with Crippen molar-refractivity contribution in [1.82, 2.24) is 0 Å². The first-order chi connectivity index (χ1) is 6.31. The molecule has 80 valence electrons. The van der Waals surface area contributed by atoms with Crippen LogP contribution in [0.15, 0.2) is 0 Å². The third kappa shape index (κ3) is 9.80. The van der Waals surface area contributed by atoms with Crippen molar-refractivity contribution in [3.8, 4) is 0 Å². The molecule has 1 atom stereocenters. The summed E-state index contributed by atoms with van der Waals surface area (Å²) < 4.78 is 5.22. The molecule has 0 aliphatic heterocycles. The Kier molecular flexibility index (Phi) is 9.87. The normalized spacial score (nSPS) is 13.2. The van der Waals surface area contributed by atoms with E-state index in [9.17, 15) is 0 Å². The number of ether oxygens (including phenoxy) is 1. The molecule has 0 aliphatic carbocycles. The lowest BCUT2D eigenvalue weighted by atomic mass is 10.1. The van der Waals surface area contributed by atoms with E-state index in [-0.39, 0.29) is 12.6 Å². The molecule has 0 aliphatic rings. The molecule has 0 aromatic carbocycles. The fourth-order valence-electron chi connectivity index (χ4n) is 1.20. The smallest absolute Gasteiger partial charge is 0.0582 e. The van der Waals surface area contributed by atoms with Crippen LogP contribution in [-0.2, 0) is 4.74 Å². The summed E-state index contributed by atoms with van der Waals surface area (Å²) >= 11 is 0. The molecule has 0 aromatic rings. The Morgan fingerprint density at radius 1 is 1.23 bits per heavy atom. The Bertz CT molecular complexity index is 98.9. The van der Waals surface area contributed by atoms with Crippen molar-refractivity contribution in [2.45, 2.75) is 45.1 Å². The minimum absolute atomic E-state index is 0.0214. The van der Waals surface area contributed by atoms with Gasteiger partial charge in [0.2, 0.25) is 0 Å². The van der Waals surface area contributed by atoms with Gasteiger partial charge >= 0.3 is 0 Å². The predicted molar refractivity (Wildman–Crippen MR) is 54.6 cm³/mol. The van der Waals surface area contributed by atoms with E-state index in [2.05, 4.69) is 0 Å². The minimum Gasteiger partial charge on any atom is -0.395 e. The summed E-state index contributed by atoms with van der Waals surface area (Å²) in [5.74, 6) is 0. The highest BCUT2D eigenvalue weighted by Crippen LogP contribution is 2.04. The van der Waals surface area contributed by atoms with Crippen molar-refractivity contribution in [3.05, 3.63) is 0 Å². The summed E-state index contributed by atoms with van der Waals surface area (Å²) in [5, 5.41) is 8.66. The first-order valence-electron chi connectivity index (χ1n) is 5.25. The second-order valence-corrected chi connectivity index (χ2v) is 3.34. The van der Waals surface area contributed by atoms with Crippen molar-refractivity contribution < 1.29 is 9.84 Å². The molecule has 0 aromatic heterocycles. The summed E-state index contributed by atoms with van der Waals surface area (Å²) in [6, 6.07) is -0.0214. The van der Waals surface area contributed by atoms with Crippen LogP contribution >= 0.6 is 0 Å². The van der Waals surface area contributed by atoms with Crippen molar-refractivity contribution in [2.75, 3.05) is 19.8 Å². The predicted octanol–water partition coefficient (Wildman–Crippen LogP) is 1.29. The van der Waals surface area contributed by atoms with E-state index in [4.69, 9.17) is 15.6 Å². The third-order valence-electron chi connectivity index (χ3n) is 2.05. The van der Waals surface area contributed by atoms with Crippen LogP contribution in [0.2, 0.25) is 0 Å². The fraction of sp³-hybridized carbons (Fsp3) is 1.00. The number of hydrogen-bond acceptors (Lipinski definition) is 3. The van der Waals surface area contributed by atoms with Crippen molar-refractivity contribution in [2.24, 2.45) is 5.73 Å². The second kappa shape index (κ2) is 9.96. The van der Waals surface area contributed by atoms with Gasteiger partial charge in [-0.2, -0.15) is 0 Å². The largest absolute Gasteiger partial charge is 0.395 e. The summed E-state index contributed by atoms with van der Waals surface area (Å²) in [6.45, 7) is 3.82. The van der Waals surface area contributed by atoms with Gasteiger partial charge in [-0.25, -0.2) is 0 Å². The average Bonchev–Trinajstić information content (AvgIpc) is 2.16. The van der Waals surface area contributed by atoms with Gasteiger partial charge in [-0.3, -0.25) is 0 Å². The molecule has 3 nitrogen and oxygen atoms in total. The molecule has 0 bridgehead atoms. The Labute approximate surface area is 81.3 Å². The van der Waals surface area contributed by atoms with E-state index in [0.717, 1.165) is 32.5 Å². The topological polar surface area (TPSA) is 55.5 Å². The third-order valence-corrected chi connectivity index (χ3v) is 2.05. The van der Waals surface area contributed by atoms with Gasteiger partial charge < -0.3 is 15.6 Å². The van der Waals surface area contributed by atoms with E-state index >= 15 is 0 Å². The van der Waals surface area contributed by atoms with Crippen molar-refractivity contribution >= 4 is 0 Å². The van der Waals surface area contributed by atoms with Crippen molar-refractivity contribution in [3.63, 3.8) is 0 Å². The zero-order valence-corrected chi connectivity index (χ0v) is 8.67. The number of hydrogen-bond donors (Lipinski definition) is 2. The lowest BCUT2D eigenvalue weighted by Gasteiger charge is -2.06. The van der Waals surface area contributed by atoms with Crippen LogP contribution in [0.5, 0.6) is 0 Å². The van der Waals surface area contributed by atoms with Crippen LogP contribution in [0.1, 0.15) is 39.0 Å². The van der Waals surface area contributed by atoms with Crippen molar-refractivity contribution in [1.29, 1.82) is 0 Å². The lowest BCUT2D eigenvalue weighted by molar-refractivity contribution is 0.142. The first kappa shape index (κ1) is 12.9. The van der Waals surface area contributed by atoms with Gasteiger partial charge in [0, 0.05) is 19.3 Å². The molecule has 0 heterocycles. The molecule has 13 heavy (non-hydrogen) atoms. The number of nitrogens with two attached hydrogens (primary N) is 1. The van der Waals surface area contributed by atoms with E-state index in [1.54, 1.807) is 0 Å². The van der Waals surface area contributed by atoms with Crippen LogP contribution in [0, 0.1) is 0 Å². The zero-order valence-electron chi connectivity index (χ0n) is 8.67. The summed E-state index contributed by atoms with van der Waals surface area (Å²) in [4.78, 5) is 0. The Morgan fingerprint density at radius 3 is 2.54 bits per heavy atom. The molecule has 0 radical (unpaired) electrons. The van der Waals surface area contributed by atoms with Crippen LogP contribution < -0.4 is 5.73 Å². The van der Waals surface area contributed by atoms with Crippen LogP contribution in [0.25, 0.3) is 0 Å². The highest BCUT2D eigenvalue weighted by atomic mass is 16.5. The molecular weight excluding hydrogens is 166 g/mol. The number of unbranched alkanes of at least 4 members (excludes halogenated alkanes) is 3.